The van der Waals surface area contributed by atoms with Gasteiger partial charge in [-0.3, -0.25) is 4.79 Å². The number of carbonyl (C=O) groups is 2. The van der Waals surface area contributed by atoms with Gasteiger partial charge in [-0.05, 0) is 6.42 Å². The van der Waals surface area contributed by atoms with E-state index >= 15 is 0 Å². The number of ether oxygens (including phenoxy) is 1. The summed E-state index contributed by atoms with van der Waals surface area (Å²) >= 11 is 0. The number of carbonyl (C=O) groups excluding carboxylic acids is 2. The summed E-state index contributed by atoms with van der Waals surface area (Å²) < 4.78 is 4.84. The van der Waals surface area contributed by atoms with Crippen LogP contribution in [0.4, 0.5) is 0 Å². The van der Waals surface area contributed by atoms with Gasteiger partial charge >= 0.3 is 5.97 Å². The maximum absolute atomic E-state index is 10.8. The fourth-order valence-electron chi connectivity index (χ4n) is 1.37. The molecule has 15 heavy (non-hydrogen) atoms. The fraction of sp³-hybridized carbons (Fsp3) is 0.833. The predicted octanol–water partition coefficient (Wildman–Crippen LogP) is 2.87. The van der Waals surface area contributed by atoms with Crippen molar-refractivity contribution in [2.75, 3.05) is 6.61 Å². The van der Waals surface area contributed by atoms with Crippen molar-refractivity contribution in [3.63, 3.8) is 0 Å². The van der Waals surface area contributed by atoms with Gasteiger partial charge in [-0.1, -0.05) is 45.4 Å². The molecule has 0 rings (SSSR count). The van der Waals surface area contributed by atoms with Gasteiger partial charge in [-0.15, -0.1) is 0 Å². The zero-order valence-electron chi connectivity index (χ0n) is 9.67. The Labute approximate surface area is 92.2 Å². The Balaban J connectivity index is 3.04. The standard InChI is InChI=1S/C12H22O3/c1-2-3-4-5-6-7-8-11-15-12(14)9-10-13/h10H,2-9,11H2,1H3. The van der Waals surface area contributed by atoms with Crippen LogP contribution in [-0.4, -0.2) is 18.9 Å². The largest absolute Gasteiger partial charge is 0.465 e. The number of aldehydes is 1. The van der Waals surface area contributed by atoms with E-state index in [1.165, 1.54) is 32.1 Å². The highest BCUT2D eigenvalue weighted by molar-refractivity contribution is 5.83. The Bertz CT molecular complexity index is 166. The Morgan fingerprint density at radius 2 is 1.67 bits per heavy atom. The lowest BCUT2D eigenvalue weighted by molar-refractivity contribution is -0.144. The van der Waals surface area contributed by atoms with Crippen LogP contribution in [0.5, 0.6) is 0 Å². The summed E-state index contributed by atoms with van der Waals surface area (Å²) in [4.78, 5) is 20.7. The van der Waals surface area contributed by atoms with Crippen LogP contribution in [0.2, 0.25) is 0 Å². The molecule has 0 heterocycles. The first-order chi connectivity index (χ1) is 7.31. The minimum atomic E-state index is -0.406. The average Bonchev–Trinajstić information content (AvgIpc) is 2.22. The molecule has 0 radical (unpaired) electrons. The molecule has 0 spiro atoms. The number of hydrogen-bond donors (Lipinski definition) is 0. The van der Waals surface area contributed by atoms with Crippen LogP contribution in [0, 0.1) is 0 Å². The second-order valence-corrected chi connectivity index (χ2v) is 3.71. The lowest BCUT2D eigenvalue weighted by atomic mass is 10.1. The predicted molar refractivity (Wildman–Crippen MR) is 59.6 cm³/mol. The lowest BCUT2D eigenvalue weighted by Crippen LogP contribution is -2.05. The normalized spacial score (nSPS) is 9.93. The third-order valence-electron chi connectivity index (χ3n) is 2.26. The molecule has 0 amide bonds. The molecule has 88 valence electrons. The smallest absolute Gasteiger partial charge is 0.313 e. The monoisotopic (exact) mass is 214 g/mol. The molecule has 0 aliphatic carbocycles. The highest BCUT2D eigenvalue weighted by atomic mass is 16.5. The van der Waals surface area contributed by atoms with Crippen molar-refractivity contribution in [3.8, 4) is 0 Å². The molecule has 0 aliphatic rings. The van der Waals surface area contributed by atoms with Gasteiger partial charge in [0.2, 0.25) is 0 Å². The summed E-state index contributed by atoms with van der Waals surface area (Å²) in [6.07, 6.45) is 8.86. The van der Waals surface area contributed by atoms with E-state index in [2.05, 4.69) is 6.92 Å². The van der Waals surface area contributed by atoms with Crippen LogP contribution >= 0.6 is 0 Å². The molecule has 0 aromatic rings. The van der Waals surface area contributed by atoms with E-state index in [-0.39, 0.29) is 6.42 Å². The molecule has 0 saturated carbocycles. The zero-order valence-corrected chi connectivity index (χ0v) is 9.67. The molecule has 0 unspecified atom stereocenters. The van der Waals surface area contributed by atoms with Crippen LogP contribution < -0.4 is 0 Å². The second-order valence-electron chi connectivity index (χ2n) is 3.71. The Kier molecular flexibility index (Phi) is 10.6. The molecule has 3 nitrogen and oxygen atoms in total. The molecule has 0 atom stereocenters. The summed E-state index contributed by atoms with van der Waals surface area (Å²) in [6.45, 7) is 2.66. The average molecular weight is 214 g/mol. The van der Waals surface area contributed by atoms with Crippen LogP contribution in [0.15, 0.2) is 0 Å². The summed E-state index contributed by atoms with van der Waals surface area (Å²) in [5, 5.41) is 0. The van der Waals surface area contributed by atoms with Crippen molar-refractivity contribution in [3.05, 3.63) is 0 Å². The van der Waals surface area contributed by atoms with E-state index in [0.29, 0.717) is 12.9 Å². The molecule has 0 saturated heterocycles. The topological polar surface area (TPSA) is 43.4 Å². The van der Waals surface area contributed by atoms with Crippen LogP contribution in [0.3, 0.4) is 0 Å². The van der Waals surface area contributed by atoms with Crippen LogP contribution in [0.25, 0.3) is 0 Å². The number of esters is 1. The molecule has 0 N–H and O–H groups in total. The van der Waals surface area contributed by atoms with E-state index < -0.39 is 5.97 Å². The first-order valence-electron chi connectivity index (χ1n) is 5.90. The minimum absolute atomic E-state index is 0.115. The Hall–Kier alpha value is -0.860. The summed E-state index contributed by atoms with van der Waals surface area (Å²) in [7, 11) is 0. The third-order valence-corrected chi connectivity index (χ3v) is 2.26. The van der Waals surface area contributed by atoms with Crippen molar-refractivity contribution >= 4 is 12.3 Å². The van der Waals surface area contributed by atoms with Crippen LogP contribution in [-0.2, 0) is 14.3 Å². The van der Waals surface area contributed by atoms with Crippen molar-refractivity contribution in [2.45, 2.75) is 58.3 Å². The maximum atomic E-state index is 10.8. The third kappa shape index (κ3) is 11.1. The molecular weight excluding hydrogens is 192 g/mol. The van der Waals surface area contributed by atoms with Gasteiger partial charge in [-0.25, -0.2) is 0 Å². The van der Waals surface area contributed by atoms with Gasteiger partial charge in [0, 0.05) is 0 Å². The van der Waals surface area contributed by atoms with Gasteiger partial charge in [0.25, 0.3) is 0 Å². The fourth-order valence-corrected chi connectivity index (χ4v) is 1.37. The Morgan fingerprint density at radius 1 is 1.07 bits per heavy atom. The minimum Gasteiger partial charge on any atom is -0.465 e. The van der Waals surface area contributed by atoms with Gasteiger partial charge in [0.1, 0.15) is 12.7 Å². The van der Waals surface area contributed by atoms with Gasteiger partial charge in [0.15, 0.2) is 0 Å². The zero-order chi connectivity index (χ0) is 11.4. The van der Waals surface area contributed by atoms with Crippen molar-refractivity contribution < 1.29 is 14.3 Å². The van der Waals surface area contributed by atoms with E-state index in [1.54, 1.807) is 0 Å². The van der Waals surface area contributed by atoms with Crippen molar-refractivity contribution in [2.24, 2.45) is 0 Å². The van der Waals surface area contributed by atoms with Crippen molar-refractivity contribution in [1.29, 1.82) is 0 Å². The molecule has 0 aromatic heterocycles. The maximum Gasteiger partial charge on any atom is 0.313 e. The van der Waals surface area contributed by atoms with Gasteiger partial charge in [0.05, 0.1) is 6.61 Å². The quantitative estimate of drug-likeness (QED) is 0.243. The second kappa shape index (κ2) is 11.2. The molecule has 0 fully saturated rings. The van der Waals surface area contributed by atoms with E-state index in [0.717, 1.165) is 12.8 Å². The summed E-state index contributed by atoms with van der Waals surface area (Å²) in [6, 6.07) is 0. The Morgan fingerprint density at radius 3 is 2.27 bits per heavy atom. The highest BCUT2D eigenvalue weighted by Gasteiger charge is 1.99. The number of rotatable bonds is 10. The van der Waals surface area contributed by atoms with Gasteiger partial charge in [-0.2, -0.15) is 0 Å². The molecule has 3 heteroatoms. The molecule has 0 bridgehead atoms. The SMILES string of the molecule is CCCCCCCCCOC(=O)CC=O. The van der Waals surface area contributed by atoms with E-state index in [9.17, 15) is 9.59 Å². The number of hydrogen-bond acceptors (Lipinski definition) is 3. The summed E-state index contributed by atoms with van der Waals surface area (Å²) in [5.74, 6) is -0.406. The molecular formula is C12H22O3. The first kappa shape index (κ1) is 14.1. The summed E-state index contributed by atoms with van der Waals surface area (Å²) in [5.41, 5.74) is 0. The number of unbranched alkanes of at least 4 members (excludes halogenated alkanes) is 6. The lowest BCUT2D eigenvalue weighted by Gasteiger charge is -2.02. The molecule has 0 aliphatic heterocycles. The first-order valence-corrected chi connectivity index (χ1v) is 5.90. The van der Waals surface area contributed by atoms with Gasteiger partial charge < -0.3 is 9.53 Å². The highest BCUT2D eigenvalue weighted by Crippen LogP contribution is 2.06. The van der Waals surface area contributed by atoms with Crippen LogP contribution in [0.1, 0.15) is 58.3 Å². The molecule has 0 aromatic carbocycles. The van der Waals surface area contributed by atoms with Crippen molar-refractivity contribution in [1.82, 2.24) is 0 Å². The van der Waals surface area contributed by atoms with E-state index in [4.69, 9.17) is 4.74 Å². The van der Waals surface area contributed by atoms with E-state index in [1.807, 2.05) is 0 Å².